The van der Waals surface area contributed by atoms with Gasteiger partial charge in [-0.25, -0.2) is 0 Å². The van der Waals surface area contributed by atoms with Crippen LogP contribution in [-0.2, 0) is 6.54 Å². The maximum Gasteiger partial charge on any atom is 0.407 e. The second-order valence-electron chi connectivity index (χ2n) is 4.57. The van der Waals surface area contributed by atoms with E-state index in [4.69, 9.17) is 4.52 Å². The molecule has 1 unspecified atom stereocenters. The van der Waals surface area contributed by atoms with E-state index >= 15 is 0 Å². The summed E-state index contributed by atoms with van der Waals surface area (Å²) in [6.45, 7) is 3.45. The Morgan fingerprint density at radius 2 is 1.85 bits per heavy atom. The van der Waals surface area contributed by atoms with Crippen molar-refractivity contribution < 1.29 is 17.7 Å². The van der Waals surface area contributed by atoms with E-state index in [1.165, 1.54) is 12.1 Å². The van der Waals surface area contributed by atoms with Crippen molar-refractivity contribution in [2.75, 3.05) is 0 Å². The molecule has 1 aromatic carbocycles. The second kappa shape index (κ2) is 5.66. The van der Waals surface area contributed by atoms with Gasteiger partial charge in [0.2, 0.25) is 0 Å². The maximum absolute atomic E-state index is 13.1. The molecule has 0 bridgehead atoms. The van der Waals surface area contributed by atoms with Crippen molar-refractivity contribution in [3.8, 4) is 0 Å². The summed E-state index contributed by atoms with van der Waals surface area (Å²) in [4.78, 5) is 0. The van der Waals surface area contributed by atoms with Crippen LogP contribution in [0, 0.1) is 13.8 Å². The highest BCUT2D eigenvalue weighted by atomic mass is 19.4. The lowest BCUT2D eigenvalue weighted by molar-refractivity contribution is -0.158. The Labute approximate surface area is 114 Å². The third kappa shape index (κ3) is 3.19. The number of hydrogen-bond donors (Lipinski definition) is 1. The van der Waals surface area contributed by atoms with Crippen LogP contribution in [0.5, 0.6) is 0 Å². The molecular formula is C14H15F3N2O. The minimum absolute atomic E-state index is 0.0558. The monoisotopic (exact) mass is 284 g/mol. The number of halogens is 3. The molecule has 2 rings (SSSR count). The van der Waals surface area contributed by atoms with E-state index in [0.29, 0.717) is 17.0 Å². The van der Waals surface area contributed by atoms with Gasteiger partial charge in [0.25, 0.3) is 0 Å². The second-order valence-corrected chi connectivity index (χ2v) is 4.57. The zero-order valence-corrected chi connectivity index (χ0v) is 11.2. The minimum atomic E-state index is -4.36. The highest BCUT2D eigenvalue weighted by molar-refractivity contribution is 5.23. The van der Waals surface area contributed by atoms with Gasteiger partial charge in [-0.15, -0.1) is 0 Å². The quantitative estimate of drug-likeness (QED) is 0.930. The number of aromatic nitrogens is 1. The van der Waals surface area contributed by atoms with Crippen molar-refractivity contribution in [2.24, 2.45) is 0 Å². The molecule has 0 radical (unpaired) electrons. The van der Waals surface area contributed by atoms with E-state index in [-0.39, 0.29) is 12.1 Å². The van der Waals surface area contributed by atoms with Crippen molar-refractivity contribution >= 4 is 0 Å². The molecule has 1 heterocycles. The number of hydrogen-bond acceptors (Lipinski definition) is 3. The zero-order valence-electron chi connectivity index (χ0n) is 11.2. The molecule has 1 atom stereocenters. The van der Waals surface area contributed by atoms with E-state index in [0.717, 1.165) is 0 Å². The van der Waals surface area contributed by atoms with Gasteiger partial charge >= 0.3 is 6.18 Å². The number of rotatable bonds is 4. The molecule has 1 aromatic heterocycles. The summed E-state index contributed by atoms with van der Waals surface area (Å²) >= 11 is 0. The van der Waals surface area contributed by atoms with Gasteiger partial charge in [0.15, 0.2) is 0 Å². The predicted molar refractivity (Wildman–Crippen MR) is 68.1 cm³/mol. The summed E-state index contributed by atoms with van der Waals surface area (Å²) in [5, 5.41) is 6.27. The number of benzene rings is 1. The van der Waals surface area contributed by atoms with E-state index in [1.807, 2.05) is 0 Å². The van der Waals surface area contributed by atoms with Crippen LogP contribution in [0.4, 0.5) is 13.2 Å². The van der Waals surface area contributed by atoms with Crippen LogP contribution in [0.3, 0.4) is 0 Å². The van der Waals surface area contributed by atoms with E-state index in [9.17, 15) is 13.2 Å². The van der Waals surface area contributed by atoms with Crippen molar-refractivity contribution in [3.05, 3.63) is 52.9 Å². The Bertz CT molecular complexity index is 544. The Balaban J connectivity index is 2.18. The van der Waals surface area contributed by atoms with E-state index in [2.05, 4.69) is 10.5 Å². The molecule has 1 N–H and O–H groups in total. The van der Waals surface area contributed by atoms with Crippen LogP contribution < -0.4 is 5.32 Å². The first-order valence-corrected chi connectivity index (χ1v) is 6.16. The molecule has 0 aliphatic carbocycles. The van der Waals surface area contributed by atoms with Gasteiger partial charge in [0.05, 0.1) is 5.69 Å². The van der Waals surface area contributed by atoms with Crippen LogP contribution >= 0.6 is 0 Å². The SMILES string of the molecule is Cc1noc(C)c1CNC(c1ccccc1)C(F)(F)F. The molecule has 6 heteroatoms. The average molecular weight is 284 g/mol. The van der Waals surface area contributed by atoms with Crippen molar-refractivity contribution in [1.29, 1.82) is 0 Å². The minimum Gasteiger partial charge on any atom is -0.361 e. The molecule has 0 aliphatic heterocycles. The van der Waals surface area contributed by atoms with Gasteiger partial charge in [0.1, 0.15) is 11.8 Å². The zero-order chi connectivity index (χ0) is 14.8. The lowest BCUT2D eigenvalue weighted by Crippen LogP contribution is -2.34. The average Bonchev–Trinajstić information content (AvgIpc) is 2.70. The Morgan fingerprint density at radius 3 is 2.35 bits per heavy atom. The van der Waals surface area contributed by atoms with Gasteiger partial charge in [-0.2, -0.15) is 13.2 Å². The van der Waals surface area contributed by atoms with Gasteiger partial charge in [-0.05, 0) is 19.4 Å². The number of alkyl halides is 3. The van der Waals surface area contributed by atoms with Crippen LogP contribution in [0.1, 0.15) is 28.6 Å². The van der Waals surface area contributed by atoms with E-state index < -0.39 is 12.2 Å². The van der Waals surface area contributed by atoms with Gasteiger partial charge < -0.3 is 4.52 Å². The predicted octanol–water partition coefficient (Wildman–Crippen LogP) is 3.68. The Morgan fingerprint density at radius 1 is 1.20 bits per heavy atom. The van der Waals surface area contributed by atoms with Crippen LogP contribution in [-0.4, -0.2) is 11.3 Å². The molecule has 0 saturated heterocycles. The fourth-order valence-corrected chi connectivity index (χ4v) is 2.03. The first-order valence-electron chi connectivity index (χ1n) is 6.16. The molecule has 20 heavy (non-hydrogen) atoms. The van der Waals surface area contributed by atoms with E-state index in [1.54, 1.807) is 32.0 Å². The molecule has 0 amide bonds. The van der Waals surface area contributed by atoms with Crippen molar-refractivity contribution in [1.82, 2.24) is 10.5 Å². The summed E-state index contributed by atoms with van der Waals surface area (Å²) in [5.74, 6) is 0.531. The van der Waals surface area contributed by atoms with Gasteiger partial charge in [-0.1, -0.05) is 35.5 Å². The molecule has 2 aromatic rings. The molecule has 0 aliphatic rings. The van der Waals surface area contributed by atoms with Crippen LogP contribution in [0.2, 0.25) is 0 Å². The normalized spacial score (nSPS) is 13.4. The first-order chi connectivity index (χ1) is 9.39. The number of nitrogens with one attached hydrogen (secondary N) is 1. The van der Waals surface area contributed by atoms with Crippen LogP contribution in [0.25, 0.3) is 0 Å². The topological polar surface area (TPSA) is 38.1 Å². The fraction of sp³-hybridized carbons (Fsp3) is 0.357. The van der Waals surface area contributed by atoms with Crippen LogP contribution in [0.15, 0.2) is 34.9 Å². The molecule has 0 fully saturated rings. The Hall–Kier alpha value is -1.82. The smallest absolute Gasteiger partial charge is 0.361 e. The highest BCUT2D eigenvalue weighted by Gasteiger charge is 2.40. The van der Waals surface area contributed by atoms with Gasteiger partial charge in [-0.3, -0.25) is 5.32 Å². The summed E-state index contributed by atoms with van der Waals surface area (Å²) in [7, 11) is 0. The molecule has 108 valence electrons. The summed E-state index contributed by atoms with van der Waals surface area (Å²) in [5.41, 5.74) is 1.45. The maximum atomic E-state index is 13.1. The summed E-state index contributed by atoms with van der Waals surface area (Å²) in [6.07, 6.45) is -4.36. The standard InChI is InChI=1S/C14H15F3N2O/c1-9-12(10(2)20-19-9)8-18-13(14(15,16)17)11-6-4-3-5-7-11/h3-7,13,18H,8H2,1-2H3. The molecule has 0 spiro atoms. The number of nitrogens with zero attached hydrogens (tertiary/aromatic N) is 1. The fourth-order valence-electron chi connectivity index (χ4n) is 2.03. The van der Waals surface area contributed by atoms with Crippen molar-refractivity contribution in [2.45, 2.75) is 32.6 Å². The Kier molecular flexibility index (Phi) is 4.13. The summed E-state index contributed by atoms with van der Waals surface area (Å²) in [6, 6.07) is 6.07. The first kappa shape index (κ1) is 14.6. The molecular weight excluding hydrogens is 269 g/mol. The highest BCUT2D eigenvalue weighted by Crippen LogP contribution is 2.33. The lowest BCUT2D eigenvalue weighted by Gasteiger charge is -2.22. The molecule has 3 nitrogen and oxygen atoms in total. The number of aryl methyl sites for hydroxylation is 2. The third-order valence-electron chi connectivity index (χ3n) is 3.12. The summed E-state index contributed by atoms with van der Waals surface area (Å²) < 4.78 is 44.3. The van der Waals surface area contributed by atoms with Gasteiger partial charge in [0, 0.05) is 12.1 Å². The largest absolute Gasteiger partial charge is 0.407 e. The molecule has 0 saturated carbocycles. The third-order valence-corrected chi connectivity index (χ3v) is 3.12. The van der Waals surface area contributed by atoms with Crippen molar-refractivity contribution in [3.63, 3.8) is 0 Å². The lowest BCUT2D eigenvalue weighted by atomic mass is 10.1.